The Bertz CT molecular complexity index is 295. The van der Waals surface area contributed by atoms with Crippen LogP contribution >= 0.6 is 23.7 Å². The third-order valence-electron chi connectivity index (χ3n) is 2.37. The number of methoxy groups -OCH3 is 1. The predicted octanol–water partition coefficient (Wildman–Crippen LogP) is 1.49. The highest BCUT2D eigenvalue weighted by molar-refractivity contribution is 7.11. The Labute approximate surface area is 107 Å². The molecule has 0 saturated heterocycles. The highest BCUT2D eigenvalue weighted by Crippen LogP contribution is 2.15. The molecule has 0 bridgehead atoms. The van der Waals surface area contributed by atoms with E-state index in [0.717, 1.165) is 11.6 Å². The van der Waals surface area contributed by atoms with Crippen molar-refractivity contribution >= 4 is 23.7 Å². The van der Waals surface area contributed by atoms with Crippen LogP contribution in [0.3, 0.4) is 0 Å². The van der Waals surface area contributed by atoms with Gasteiger partial charge in [-0.1, -0.05) is 0 Å². The normalized spacial score (nSPS) is 12.6. The first-order valence-electron chi connectivity index (χ1n) is 5.00. The minimum absolute atomic E-state index is 0. The van der Waals surface area contributed by atoms with Crippen molar-refractivity contribution in [1.82, 2.24) is 9.88 Å². The van der Waals surface area contributed by atoms with E-state index in [4.69, 9.17) is 10.5 Å². The van der Waals surface area contributed by atoms with Crippen LogP contribution in [-0.4, -0.2) is 36.6 Å². The number of likely N-dealkylation sites (N-methyl/N-ethyl adjacent to an activating group) is 1. The maximum absolute atomic E-state index is 5.60. The third kappa shape index (κ3) is 4.76. The van der Waals surface area contributed by atoms with Crippen LogP contribution in [0.4, 0.5) is 0 Å². The molecule has 0 spiro atoms. The molecule has 0 aliphatic rings. The summed E-state index contributed by atoms with van der Waals surface area (Å²) in [6, 6.07) is 0.389. The second-order valence-corrected chi connectivity index (χ2v) is 4.85. The van der Waals surface area contributed by atoms with Crippen LogP contribution in [0.1, 0.15) is 16.8 Å². The average molecular weight is 266 g/mol. The van der Waals surface area contributed by atoms with Crippen LogP contribution in [0.5, 0.6) is 0 Å². The van der Waals surface area contributed by atoms with Crippen LogP contribution in [0.25, 0.3) is 0 Å². The van der Waals surface area contributed by atoms with E-state index < -0.39 is 0 Å². The summed E-state index contributed by atoms with van der Waals surface area (Å²) in [5, 5.41) is 1.12. The molecule has 1 rings (SSSR count). The SMILES string of the molecule is COCc1cnc(CN(C)C(C)CN)s1.Cl. The summed E-state index contributed by atoms with van der Waals surface area (Å²) in [5.74, 6) is 0. The molecule has 0 radical (unpaired) electrons. The second kappa shape index (κ2) is 7.97. The van der Waals surface area contributed by atoms with Crippen molar-refractivity contribution in [1.29, 1.82) is 0 Å². The highest BCUT2D eigenvalue weighted by atomic mass is 35.5. The molecule has 6 heteroatoms. The largest absolute Gasteiger partial charge is 0.379 e. The molecular weight excluding hydrogens is 246 g/mol. The zero-order valence-electron chi connectivity index (χ0n) is 9.97. The van der Waals surface area contributed by atoms with Crippen LogP contribution in [0.15, 0.2) is 6.20 Å². The molecule has 94 valence electrons. The number of rotatable bonds is 6. The van der Waals surface area contributed by atoms with Crippen LogP contribution in [0.2, 0.25) is 0 Å². The molecule has 1 aromatic rings. The molecule has 1 atom stereocenters. The number of aromatic nitrogens is 1. The molecule has 1 aromatic heterocycles. The zero-order valence-corrected chi connectivity index (χ0v) is 11.6. The molecule has 0 saturated carbocycles. The Morgan fingerprint density at radius 1 is 1.62 bits per heavy atom. The molecule has 0 fully saturated rings. The van der Waals surface area contributed by atoms with Gasteiger partial charge in [0.2, 0.25) is 0 Å². The molecule has 1 unspecified atom stereocenters. The van der Waals surface area contributed by atoms with E-state index in [2.05, 4.69) is 23.9 Å². The van der Waals surface area contributed by atoms with Crippen molar-refractivity contribution in [2.75, 3.05) is 20.7 Å². The van der Waals surface area contributed by atoms with Crippen molar-refractivity contribution in [3.05, 3.63) is 16.1 Å². The number of nitrogens with zero attached hydrogens (tertiary/aromatic N) is 2. The summed E-state index contributed by atoms with van der Waals surface area (Å²) >= 11 is 1.70. The van der Waals surface area contributed by atoms with Crippen LogP contribution < -0.4 is 5.73 Å². The van der Waals surface area contributed by atoms with Gasteiger partial charge in [-0.2, -0.15) is 0 Å². The van der Waals surface area contributed by atoms with Gasteiger partial charge in [-0.3, -0.25) is 4.90 Å². The Morgan fingerprint density at radius 2 is 2.31 bits per heavy atom. The summed E-state index contributed by atoms with van der Waals surface area (Å²) in [5.41, 5.74) is 5.60. The van der Waals surface area contributed by atoms with Gasteiger partial charge in [-0.05, 0) is 14.0 Å². The van der Waals surface area contributed by atoms with Gasteiger partial charge in [0.05, 0.1) is 18.0 Å². The molecule has 16 heavy (non-hydrogen) atoms. The minimum atomic E-state index is 0. The van der Waals surface area contributed by atoms with Crippen molar-refractivity contribution in [3.63, 3.8) is 0 Å². The summed E-state index contributed by atoms with van der Waals surface area (Å²) in [7, 11) is 3.76. The molecule has 0 aromatic carbocycles. The highest BCUT2D eigenvalue weighted by Gasteiger charge is 2.10. The first-order chi connectivity index (χ1) is 7.17. The van der Waals surface area contributed by atoms with Crippen molar-refractivity contribution in [3.8, 4) is 0 Å². The van der Waals surface area contributed by atoms with E-state index in [1.807, 2.05) is 6.20 Å². The Hall–Kier alpha value is -0.200. The van der Waals surface area contributed by atoms with Gasteiger partial charge in [0.25, 0.3) is 0 Å². The van der Waals surface area contributed by atoms with Gasteiger partial charge in [-0.25, -0.2) is 4.98 Å². The number of hydrogen-bond acceptors (Lipinski definition) is 5. The second-order valence-electron chi connectivity index (χ2n) is 3.65. The lowest BCUT2D eigenvalue weighted by Crippen LogP contribution is -2.34. The fourth-order valence-corrected chi connectivity index (χ4v) is 2.14. The fraction of sp³-hybridized carbons (Fsp3) is 0.700. The maximum Gasteiger partial charge on any atom is 0.107 e. The summed E-state index contributed by atoms with van der Waals surface area (Å²) < 4.78 is 5.05. The maximum atomic E-state index is 5.60. The van der Waals surface area contributed by atoms with Crippen molar-refractivity contribution < 1.29 is 4.74 Å². The van der Waals surface area contributed by atoms with E-state index >= 15 is 0 Å². The van der Waals surface area contributed by atoms with Crippen LogP contribution in [-0.2, 0) is 17.9 Å². The quantitative estimate of drug-likeness (QED) is 0.847. The van der Waals surface area contributed by atoms with Gasteiger partial charge < -0.3 is 10.5 Å². The van der Waals surface area contributed by atoms with Gasteiger partial charge in [0, 0.05) is 25.9 Å². The molecule has 0 amide bonds. The summed E-state index contributed by atoms with van der Waals surface area (Å²) in [6.45, 7) is 4.29. The van der Waals surface area contributed by atoms with Crippen molar-refractivity contribution in [2.24, 2.45) is 5.73 Å². The number of halogens is 1. The molecular formula is C10H20ClN3OS. The van der Waals surface area contributed by atoms with Gasteiger partial charge in [0.15, 0.2) is 0 Å². The summed E-state index contributed by atoms with van der Waals surface area (Å²) in [4.78, 5) is 7.72. The zero-order chi connectivity index (χ0) is 11.3. The first-order valence-corrected chi connectivity index (χ1v) is 5.81. The number of nitrogens with two attached hydrogens (primary N) is 1. The van der Waals surface area contributed by atoms with Gasteiger partial charge >= 0.3 is 0 Å². The van der Waals surface area contributed by atoms with Gasteiger partial charge in [0.1, 0.15) is 5.01 Å². The summed E-state index contributed by atoms with van der Waals surface area (Å²) in [6.07, 6.45) is 1.88. The Balaban J connectivity index is 0.00000225. The predicted molar refractivity (Wildman–Crippen MR) is 70.1 cm³/mol. The smallest absolute Gasteiger partial charge is 0.107 e. The number of hydrogen-bond donors (Lipinski definition) is 1. The lowest BCUT2D eigenvalue weighted by molar-refractivity contribution is 0.187. The number of ether oxygens (including phenoxy) is 1. The standard InChI is InChI=1S/C10H19N3OS.ClH/c1-8(4-11)13(2)6-10-12-5-9(15-10)7-14-3;/h5,8H,4,6-7,11H2,1-3H3;1H. The van der Waals surface area contributed by atoms with Crippen LogP contribution in [0, 0.1) is 0 Å². The Morgan fingerprint density at radius 3 is 2.88 bits per heavy atom. The Kier molecular flexibility index (Phi) is 7.87. The minimum Gasteiger partial charge on any atom is -0.379 e. The molecule has 2 N–H and O–H groups in total. The fourth-order valence-electron chi connectivity index (χ4n) is 1.18. The molecule has 0 aliphatic heterocycles. The lowest BCUT2D eigenvalue weighted by atomic mass is 10.3. The molecule has 4 nitrogen and oxygen atoms in total. The first kappa shape index (κ1) is 15.8. The van der Waals surface area contributed by atoms with Crippen molar-refractivity contribution in [2.45, 2.75) is 26.1 Å². The van der Waals surface area contributed by atoms with E-state index in [0.29, 0.717) is 19.2 Å². The lowest BCUT2D eigenvalue weighted by Gasteiger charge is -2.21. The monoisotopic (exact) mass is 265 g/mol. The van der Waals surface area contributed by atoms with E-state index in [-0.39, 0.29) is 12.4 Å². The third-order valence-corrected chi connectivity index (χ3v) is 3.32. The molecule has 0 aliphatic carbocycles. The van der Waals surface area contributed by atoms with E-state index in [1.165, 1.54) is 4.88 Å². The number of thiazole rings is 1. The average Bonchev–Trinajstić information content (AvgIpc) is 2.65. The topological polar surface area (TPSA) is 51.4 Å². The van der Waals surface area contributed by atoms with E-state index in [9.17, 15) is 0 Å². The molecule has 1 heterocycles. The van der Waals surface area contributed by atoms with Gasteiger partial charge in [-0.15, -0.1) is 23.7 Å². The van der Waals surface area contributed by atoms with E-state index in [1.54, 1.807) is 18.4 Å².